The molecule has 0 aromatic heterocycles. The highest BCUT2D eigenvalue weighted by Gasteiger charge is 2.08. The molecule has 0 atom stereocenters. The Hall–Kier alpha value is -3.63. The van der Waals surface area contributed by atoms with Crippen molar-refractivity contribution in [1.29, 1.82) is 0 Å². The van der Waals surface area contributed by atoms with Crippen molar-refractivity contribution in [2.24, 2.45) is 5.73 Å². The Morgan fingerprint density at radius 3 is 2.55 bits per heavy atom. The van der Waals surface area contributed by atoms with Gasteiger partial charge in [-0.25, -0.2) is 0 Å². The fraction of sp³-hybridized carbons (Fsp3) is 0.148. The minimum absolute atomic E-state index is 0.0878. The number of hydrogen-bond donors (Lipinski definition) is 2. The summed E-state index contributed by atoms with van der Waals surface area (Å²) in [5, 5.41) is 11.3. The molecule has 0 radical (unpaired) electrons. The molecule has 0 fully saturated rings. The fourth-order valence-electron chi connectivity index (χ4n) is 3.79. The van der Waals surface area contributed by atoms with Gasteiger partial charge in [0.05, 0.1) is 0 Å². The van der Waals surface area contributed by atoms with Gasteiger partial charge < -0.3 is 15.6 Å². The number of carbonyl (C=O) groups is 1. The second kappa shape index (κ2) is 9.45. The van der Waals surface area contributed by atoms with Crippen LogP contribution in [-0.4, -0.2) is 11.1 Å². The van der Waals surface area contributed by atoms with Gasteiger partial charge in [-0.15, -0.1) is 0 Å². The van der Waals surface area contributed by atoms with E-state index < -0.39 is 5.97 Å². The van der Waals surface area contributed by atoms with Gasteiger partial charge in [-0.3, -0.25) is 4.79 Å². The highest BCUT2D eigenvalue weighted by atomic mass is 16.5. The van der Waals surface area contributed by atoms with Crippen LogP contribution in [0.2, 0.25) is 0 Å². The van der Waals surface area contributed by atoms with E-state index in [9.17, 15) is 4.79 Å². The third kappa shape index (κ3) is 4.93. The lowest BCUT2D eigenvalue weighted by atomic mass is 9.96. The summed E-state index contributed by atoms with van der Waals surface area (Å²) >= 11 is 0. The predicted octanol–water partition coefficient (Wildman–Crippen LogP) is 5.56. The van der Waals surface area contributed by atoms with Crippen LogP contribution in [0.25, 0.3) is 21.9 Å². The molecule has 4 nitrogen and oxygen atoms in total. The van der Waals surface area contributed by atoms with Crippen LogP contribution in [0.1, 0.15) is 23.1 Å². The first-order valence-electron chi connectivity index (χ1n) is 10.4. The second-order valence-corrected chi connectivity index (χ2v) is 7.56. The van der Waals surface area contributed by atoms with Crippen molar-refractivity contribution in [2.75, 3.05) is 0 Å². The normalized spacial score (nSPS) is 10.9. The van der Waals surface area contributed by atoms with Crippen LogP contribution in [-0.2, 0) is 24.4 Å². The van der Waals surface area contributed by atoms with Gasteiger partial charge in [0.15, 0.2) is 0 Å². The van der Waals surface area contributed by atoms with Crippen LogP contribution in [0, 0.1) is 0 Å². The lowest BCUT2D eigenvalue weighted by Gasteiger charge is -2.13. The molecular weight excluding hydrogens is 386 g/mol. The molecule has 0 bridgehead atoms. The van der Waals surface area contributed by atoms with Gasteiger partial charge in [-0.05, 0) is 63.2 Å². The van der Waals surface area contributed by atoms with Crippen LogP contribution in [0.4, 0.5) is 0 Å². The molecule has 3 N–H and O–H groups in total. The Labute approximate surface area is 181 Å². The van der Waals surface area contributed by atoms with E-state index in [0.717, 1.165) is 33.4 Å². The molecule has 0 heterocycles. The maximum absolute atomic E-state index is 10.9. The van der Waals surface area contributed by atoms with E-state index >= 15 is 0 Å². The average molecular weight is 412 g/mol. The summed E-state index contributed by atoms with van der Waals surface area (Å²) in [5.74, 6) is -0.0756. The van der Waals surface area contributed by atoms with Crippen LogP contribution >= 0.6 is 0 Å². The van der Waals surface area contributed by atoms with Crippen molar-refractivity contribution in [3.8, 4) is 16.9 Å². The molecule has 0 saturated carbocycles. The Morgan fingerprint density at radius 2 is 1.71 bits per heavy atom. The van der Waals surface area contributed by atoms with Gasteiger partial charge in [0.25, 0.3) is 0 Å². The second-order valence-electron chi connectivity index (χ2n) is 7.56. The highest BCUT2D eigenvalue weighted by molar-refractivity contribution is 5.97. The van der Waals surface area contributed by atoms with E-state index in [4.69, 9.17) is 15.6 Å². The first kappa shape index (κ1) is 20.6. The van der Waals surface area contributed by atoms with Gasteiger partial charge in [0.1, 0.15) is 12.4 Å². The van der Waals surface area contributed by atoms with Crippen molar-refractivity contribution in [3.63, 3.8) is 0 Å². The van der Waals surface area contributed by atoms with Crippen molar-refractivity contribution in [1.82, 2.24) is 0 Å². The molecule has 4 aromatic rings. The molecule has 156 valence electrons. The Morgan fingerprint density at radius 1 is 0.871 bits per heavy atom. The SMILES string of the molecule is NCc1cccc(-c2cccc3cc(COc4ccccc4CCC(=O)O)ccc23)c1. The van der Waals surface area contributed by atoms with E-state index in [1.54, 1.807) is 0 Å². The third-order valence-electron chi connectivity index (χ3n) is 5.39. The van der Waals surface area contributed by atoms with Crippen LogP contribution in [0.3, 0.4) is 0 Å². The number of fused-ring (bicyclic) bond motifs is 1. The summed E-state index contributed by atoms with van der Waals surface area (Å²) in [6.07, 6.45) is 0.541. The van der Waals surface area contributed by atoms with Gasteiger partial charge in [-0.1, -0.05) is 66.7 Å². The number of aliphatic carboxylic acids is 1. The van der Waals surface area contributed by atoms with Gasteiger partial charge >= 0.3 is 5.97 Å². The van der Waals surface area contributed by atoms with Crippen molar-refractivity contribution in [2.45, 2.75) is 26.0 Å². The number of benzene rings is 4. The summed E-state index contributed by atoms with van der Waals surface area (Å²) in [7, 11) is 0. The van der Waals surface area contributed by atoms with Crippen LogP contribution in [0.15, 0.2) is 84.9 Å². The molecule has 0 unspecified atom stereocenters. The zero-order valence-electron chi connectivity index (χ0n) is 17.3. The molecular formula is C27H25NO3. The van der Waals surface area contributed by atoms with Gasteiger partial charge in [0, 0.05) is 13.0 Å². The number of rotatable bonds is 8. The van der Waals surface area contributed by atoms with Gasteiger partial charge in [0.2, 0.25) is 0 Å². The number of carboxylic acids is 1. The van der Waals surface area contributed by atoms with Crippen molar-refractivity contribution in [3.05, 3.63) is 102 Å². The Bertz CT molecular complexity index is 1220. The number of ether oxygens (including phenoxy) is 1. The minimum atomic E-state index is -0.808. The van der Waals surface area contributed by atoms with E-state index in [2.05, 4.69) is 48.5 Å². The average Bonchev–Trinajstić information content (AvgIpc) is 2.81. The summed E-state index contributed by atoms with van der Waals surface area (Å²) in [4.78, 5) is 10.9. The van der Waals surface area contributed by atoms with Crippen molar-refractivity contribution < 1.29 is 14.6 Å². The predicted molar refractivity (Wildman–Crippen MR) is 124 cm³/mol. The first-order chi connectivity index (χ1) is 15.1. The van der Waals surface area contributed by atoms with E-state index in [1.807, 2.05) is 36.4 Å². The highest BCUT2D eigenvalue weighted by Crippen LogP contribution is 2.30. The monoisotopic (exact) mass is 411 g/mol. The molecule has 4 aromatic carbocycles. The fourth-order valence-corrected chi connectivity index (χ4v) is 3.79. The summed E-state index contributed by atoms with van der Waals surface area (Å²) in [5.41, 5.74) is 11.2. The molecule has 4 heteroatoms. The number of nitrogens with two attached hydrogens (primary N) is 1. The maximum Gasteiger partial charge on any atom is 0.303 e. The number of hydrogen-bond acceptors (Lipinski definition) is 3. The molecule has 0 spiro atoms. The summed E-state index contributed by atoms with van der Waals surface area (Å²) < 4.78 is 6.04. The minimum Gasteiger partial charge on any atom is -0.489 e. The molecule has 0 amide bonds. The van der Waals surface area contributed by atoms with E-state index in [-0.39, 0.29) is 6.42 Å². The lowest BCUT2D eigenvalue weighted by molar-refractivity contribution is -0.136. The zero-order valence-corrected chi connectivity index (χ0v) is 17.3. The van der Waals surface area contributed by atoms with E-state index in [0.29, 0.717) is 19.6 Å². The maximum atomic E-state index is 10.9. The van der Waals surface area contributed by atoms with Crippen LogP contribution in [0.5, 0.6) is 5.75 Å². The molecule has 0 saturated heterocycles. The zero-order chi connectivity index (χ0) is 21.6. The number of carboxylic acid groups (broad SMARTS) is 1. The molecule has 0 aliphatic carbocycles. The third-order valence-corrected chi connectivity index (χ3v) is 5.39. The van der Waals surface area contributed by atoms with Crippen molar-refractivity contribution >= 4 is 16.7 Å². The summed E-state index contributed by atoms with van der Waals surface area (Å²) in [6.45, 7) is 0.945. The first-order valence-corrected chi connectivity index (χ1v) is 10.4. The summed E-state index contributed by atoms with van der Waals surface area (Å²) in [6, 6.07) is 28.6. The molecule has 0 aliphatic heterocycles. The topological polar surface area (TPSA) is 72.5 Å². The molecule has 0 aliphatic rings. The standard InChI is InChI=1S/C27H25NO3/c28-17-19-5-3-7-22(15-19)24-9-4-8-23-16-20(11-13-25(23)24)18-31-26-10-2-1-6-21(26)12-14-27(29)30/h1-11,13,15-16H,12,14,17-18,28H2,(H,29,30). The Kier molecular flexibility index (Phi) is 6.29. The molecule has 4 rings (SSSR count). The smallest absolute Gasteiger partial charge is 0.303 e. The quantitative estimate of drug-likeness (QED) is 0.398. The Balaban J connectivity index is 1.56. The van der Waals surface area contributed by atoms with Gasteiger partial charge in [-0.2, -0.15) is 0 Å². The molecule has 31 heavy (non-hydrogen) atoms. The van der Waals surface area contributed by atoms with Crippen LogP contribution < -0.4 is 10.5 Å². The number of aryl methyl sites for hydroxylation is 1. The lowest BCUT2D eigenvalue weighted by Crippen LogP contribution is -2.02. The number of para-hydroxylation sites is 1. The largest absolute Gasteiger partial charge is 0.489 e. The van der Waals surface area contributed by atoms with E-state index in [1.165, 1.54) is 10.9 Å².